The number of hydrogen-bond acceptors (Lipinski definition) is 4. The zero-order valence-electron chi connectivity index (χ0n) is 9.28. The van der Waals surface area contributed by atoms with Gasteiger partial charge in [0.2, 0.25) is 0 Å². The largest absolute Gasteiger partial charge is 0.485 e. The topological polar surface area (TPSA) is 61.5 Å². The lowest BCUT2D eigenvalue weighted by Gasteiger charge is -2.09. The van der Waals surface area contributed by atoms with Gasteiger partial charge < -0.3 is 15.2 Å². The van der Waals surface area contributed by atoms with Crippen molar-refractivity contribution in [3.8, 4) is 5.75 Å². The molecule has 0 bridgehead atoms. The van der Waals surface area contributed by atoms with Gasteiger partial charge in [0.25, 0.3) is 6.43 Å². The van der Waals surface area contributed by atoms with Crippen LogP contribution in [0.1, 0.15) is 17.3 Å². The fourth-order valence-corrected chi connectivity index (χ4v) is 1.15. The summed E-state index contributed by atoms with van der Waals surface area (Å²) < 4.78 is 33.5. The summed E-state index contributed by atoms with van der Waals surface area (Å²) in [6, 6.07) is 4.14. The van der Waals surface area contributed by atoms with Crippen molar-refractivity contribution in [1.82, 2.24) is 0 Å². The molecule has 0 unspecified atom stereocenters. The van der Waals surface area contributed by atoms with E-state index in [1.54, 1.807) is 6.92 Å². The zero-order chi connectivity index (χ0) is 12.8. The lowest BCUT2D eigenvalue weighted by atomic mass is 10.2. The Hall–Kier alpha value is -1.85. The molecule has 0 aliphatic carbocycles. The Morgan fingerprint density at radius 3 is 2.76 bits per heavy atom. The highest BCUT2D eigenvalue weighted by atomic mass is 19.3. The number of nitrogen functional groups attached to an aromatic ring is 1. The molecule has 0 radical (unpaired) electrons. The number of carbonyl (C=O) groups is 1. The first kappa shape index (κ1) is 13.2. The molecule has 0 fully saturated rings. The first-order chi connectivity index (χ1) is 8.04. The Balaban J connectivity index is 2.82. The minimum atomic E-state index is -2.60. The zero-order valence-corrected chi connectivity index (χ0v) is 9.28. The fourth-order valence-electron chi connectivity index (χ4n) is 1.15. The van der Waals surface area contributed by atoms with Crippen LogP contribution in [0.3, 0.4) is 0 Å². The van der Waals surface area contributed by atoms with Gasteiger partial charge in [-0.15, -0.1) is 0 Å². The number of nitrogens with two attached hydrogens (primary N) is 1. The van der Waals surface area contributed by atoms with Crippen molar-refractivity contribution in [2.24, 2.45) is 0 Å². The molecule has 4 nitrogen and oxygen atoms in total. The number of ether oxygens (including phenoxy) is 2. The van der Waals surface area contributed by atoms with Crippen molar-refractivity contribution >= 4 is 11.7 Å². The Morgan fingerprint density at radius 1 is 1.47 bits per heavy atom. The summed E-state index contributed by atoms with van der Waals surface area (Å²) in [4.78, 5) is 11.4. The van der Waals surface area contributed by atoms with Gasteiger partial charge in [0.1, 0.15) is 12.4 Å². The highest BCUT2D eigenvalue weighted by Crippen LogP contribution is 2.23. The summed E-state index contributed by atoms with van der Waals surface area (Å²) in [6.07, 6.45) is -2.60. The molecule has 1 aromatic rings. The highest BCUT2D eigenvalue weighted by molar-refractivity contribution is 5.90. The van der Waals surface area contributed by atoms with Gasteiger partial charge >= 0.3 is 5.97 Å². The Bertz CT molecular complexity index is 396. The van der Waals surface area contributed by atoms with E-state index in [1.807, 2.05) is 0 Å². The van der Waals surface area contributed by atoms with Crippen molar-refractivity contribution in [3.05, 3.63) is 23.8 Å². The summed E-state index contributed by atoms with van der Waals surface area (Å²) in [5, 5.41) is 0. The molecular formula is C11H13F2NO3. The second kappa shape index (κ2) is 6.03. The van der Waals surface area contributed by atoms with E-state index in [0.29, 0.717) is 0 Å². The van der Waals surface area contributed by atoms with E-state index >= 15 is 0 Å². The Morgan fingerprint density at radius 2 is 2.18 bits per heavy atom. The van der Waals surface area contributed by atoms with E-state index in [9.17, 15) is 13.6 Å². The average molecular weight is 245 g/mol. The van der Waals surface area contributed by atoms with Crippen molar-refractivity contribution < 1.29 is 23.0 Å². The fraction of sp³-hybridized carbons (Fsp3) is 0.364. The minimum Gasteiger partial charge on any atom is -0.485 e. The lowest BCUT2D eigenvalue weighted by Crippen LogP contribution is -2.10. The van der Waals surface area contributed by atoms with Crippen molar-refractivity contribution in [1.29, 1.82) is 0 Å². The standard InChI is InChI=1S/C11H13F2NO3/c1-2-16-11(15)7-3-4-8(14)9(5-7)17-6-10(12)13/h3-5,10H,2,6,14H2,1H3. The number of carbonyl (C=O) groups excluding carboxylic acids is 1. The van der Waals surface area contributed by atoms with Gasteiger partial charge in [0.05, 0.1) is 17.9 Å². The van der Waals surface area contributed by atoms with E-state index in [4.69, 9.17) is 15.2 Å². The number of halogens is 2. The molecule has 94 valence electrons. The molecule has 0 saturated carbocycles. The third-order valence-electron chi connectivity index (χ3n) is 1.89. The first-order valence-corrected chi connectivity index (χ1v) is 5.02. The monoisotopic (exact) mass is 245 g/mol. The van der Waals surface area contributed by atoms with Crippen LogP contribution in [-0.2, 0) is 4.74 Å². The molecule has 0 aromatic heterocycles. The summed E-state index contributed by atoms with van der Waals surface area (Å²) in [7, 11) is 0. The second-order valence-electron chi connectivity index (χ2n) is 3.18. The molecular weight excluding hydrogens is 232 g/mol. The molecule has 17 heavy (non-hydrogen) atoms. The van der Waals surface area contributed by atoms with E-state index in [2.05, 4.69) is 0 Å². The van der Waals surface area contributed by atoms with E-state index in [-0.39, 0.29) is 23.6 Å². The maximum Gasteiger partial charge on any atom is 0.338 e. The SMILES string of the molecule is CCOC(=O)c1ccc(N)c(OCC(F)F)c1. The van der Waals surface area contributed by atoms with Gasteiger partial charge in [0.15, 0.2) is 0 Å². The van der Waals surface area contributed by atoms with Gasteiger partial charge in [-0.1, -0.05) is 0 Å². The summed E-state index contributed by atoms with van der Waals surface area (Å²) in [5.74, 6) is -0.495. The van der Waals surface area contributed by atoms with Crippen LogP contribution in [0.25, 0.3) is 0 Å². The molecule has 0 saturated heterocycles. The van der Waals surface area contributed by atoms with Crippen LogP contribution < -0.4 is 10.5 Å². The van der Waals surface area contributed by atoms with Crippen LogP contribution in [0.2, 0.25) is 0 Å². The minimum absolute atomic E-state index is 0.0517. The molecule has 2 N–H and O–H groups in total. The van der Waals surface area contributed by atoms with E-state index in [0.717, 1.165) is 0 Å². The van der Waals surface area contributed by atoms with Crippen LogP contribution in [0.5, 0.6) is 5.75 Å². The number of alkyl halides is 2. The first-order valence-electron chi connectivity index (χ1n) is 5.02. The predicted octanol–water partition coefficient (Wildman–Crippen LogP) is 2.09. The van der Waals surface area contributed by atoms with Crippen LogP contribution in [0.4, 0.5) is 14.5 Å². The molecule has 0 amide bonds. The quantitative estimate of drug-likeness (QED) is 0.637. The van der Waals surface area contributed by atoms with Crippen molar-refractivity contribution in [2.45, 2.75) is 13.3 Å². The van der Waals surface area contributed by atoms with Crippen molar-refractivity contribution in [3.63, 3.8) is 0 Å². The van der Waals surface area contributed by atoms with Gasteiger partial charge in [0, 0.05) is 0 Å². The van der Waals surface area contributed by atoms with Crippen LogP contribution >= 0.6 is 0 Å². The molecule has 0 atom stereocenters. The van der Waals surface area contributed by atoms with Crippen LogP contribution in [0.15, 0.2) is 18.2 Å². The molecule has 0 spiro atoms. The number of esters is 1. The van der Waals surface area contributed by atoms with Crippen LogP contribution in [-0.4, -0.2) is 25.6 Å². The van der Waals surface area contributed by atoms with Gasteiger partial charge in [-0.05, 0) is 25.1 Å². The van der Waals surface area contributed by atoms with Crippen LogP contribution in [0, 0.1) is 0 Å². The lowest BCUT2D eigenvalue weighted by molar-refractivity contribution is 0.0525. The molecule has 0 aliphatic rings. The summed E-state index contributed by atoms with van der Waals surface area (Å²) >= 11 is 0. The van der Waals surface area contributed by atoms with E-state index in [1.165, 1.54) is 18.2 Å². The Labute approximate surface area is 97.3 Å². The highest BCUT2D eigenvalue weighted by Gasteiger charge is 2.11. The number of benzene rings is 1. The average Bonchev–Trinajstić information content (AvgIpc) is 2.28. The van der Waals surface area contributed by atoms with E-state index < -0.39 is 19.0 Å². The molecule has 6 heteroatoms. The molecule has 1 aromatic carbocycles. The number of hydrogen-bond donors (Lipinski definition) is 1. The summed E-state index contributed by atoms with van der Waals surface area (Å²) in [6.45, 7) is 1.14. The Kier molecular flexibility index (Phi) is 4.68. The smallest absolute Gasteiger partial charge is 0.338 e. The maximum atomic E-state index is 12.0. The third kappa shape index (κ3) is 3.90. The summed E-state index contributed by atoms with van der Waals surface area (Å²) in [5.41, 5.74) is 5.93. The van der Waals surface area contributed by atoms with Gasteiger partial charge in [-0.2, -0.15) is 0 Å². The maximum absolute atomic E-state index is 12.0. The van der Waals surface area contributed by atoms with Crippen molar-refractivity contribution in [2.75, 3.05) is 18.9 Å². The van der Waals surface area contributed by atoms with Gasteiger partial charge in [-0.25, -0.2) is 13.6 Å². The van der Waals surface area contributed by atoms with Gasteiger partial charge in [-0.3, -0.25) is 0 Å². The predicted molar refractivity (Wildman–Crippen MR) is 58.3 cm³/mol. The molecule has 0 aliphatic heterocycles. The number of anilines is 1. The second-order valence-corrected chi connectivity index (χ2v) is 3.18. The third-order valence-corrected chi connectivity index (χ3v) is 1.89. The number of rotatable bonds is 5. The molecule has 0 heterocycles. The normalized spacial score (nSPS) is 10.4. The molecule has 1 rings (SSSR count).